The van der Waals surface area contributed by atoms with Gasteiger partial charge in [-0.25, -0.2) is 9.78 Å². The highest BCUT2D eigenvalue weighted by Gasteiger charge is 2.16. The first-order chi connectivity index (χ1) is 17.9. The molecule has 7 heteroatoms. The lowest BCUT2D eigenvalue weighted by atomic mass is 10.0. The predicted octanol–water partition coefficient (Wildman–Crippen LogP) is 6.91. The number of carbonyl (C=O) groups excluding carboxylic acids is 1. The predicted molar refractivity (Wildman–Crippen MR) is 146 cm³/mol. The number of anilines is 1. The van der Waals surface area contributed by atoms with Crippen molar-refractivity contribution in [3.05, 3.63) is 78.1 Å². The molecule has 0 unspecified atom stereocenters. The van der Waals surface area contributed by atoms with E-state index < -0.39 is 6.16 Å². The number of hydrogen-bond donors (Lipinski definition) is 1. The first kappa shape index (κ1) is 25.9. The molecule has 0 aliphatic carbocycles. The molecule has 1 heterocycles. The normalized spacial score (nSPS) is 11.0. The van der Waals surface area contributed by atoms with Gasteiger partial charge in [0.25, 0.3) is 0 Å². The van der Waals surface area contributed by atoms with Gasteiger partial charge in [0.05, 0.1) is 11.0 Å². The van der Waals surface area contributed by atoms with Crippen LogP contribution >= 0.6 is 0 Å². The second-order valence-corrected chi connectivity index (χ2v) is 9.15. The van der Waals surface area contributed by atoms with Gasteiger partial charge in [-0.3, -0.25) is 4.79 Å². The SMILES string of the molecule is CCCCc1nc2ccc(N(C)C(=O)CCC)cc2n1Cc1ccc(-c2ccccc2OC(=O)O)cc1. The zero-order valence-corrected chi connectivity index (χ0v) is 21.6. The zero-order valence-electron chi connectivity index (χ0n) is 21.6. The lowest BCUT2D eigenvalue weighted by Gasteiger charge is -2.17. The molecule has 1 N–H and O–H groups in total. The fourth-order valence-corrected chi connectivity index (χ4v) is 4.46. The summed E-state index contributed by atoms with van der Waals surface area (Å²) < 4.78 is 7.19. The van der Waals surface area contributed by atoms with Crippen LogP contribution in [0.4, 0.5) is 10.5 Å². The molecule has 4 rings (SSSR count). The van der Waals surface area contributed by atoms with Gasteiger partial charge in [0.1, 0.15) is 11.6 Å². The zero-order chi connectivity index (χ0) is 26.4. The fraction of sp³-hybridized carbons (Fsp3) is 0.300. The van der Waals surface area contributed by atoms with E-state index in [0.717, 1.165) is 64.9 Å². The molecule has 4 aromatic rings. The van der Waals surface area contributed by atoms with E-state index in [4.69, 9.17) is 14.8 Å². The number of para-hydroxylation sites is 1. The van der Waals surface area contributed by atoms with Crippen molar-refractivity contribution in [2.75, 3.05) is 11.9 Å². The largest absolute Gasteiger partial charge is 0.511 e. The van der Waals surface area contributed by atoms with Crippen LogP contribution in [0.5, 0.6) is 5.75 Å². The van der Waals surface area contributed by atoms with Crippen molar-refractivity contribution in [3.8, 4) is 16.9 Å². The monoisotopic (exact) mass is 499 g/mol. The Balaban J connectivity index is 1.67. The van der Waals surface area contributed by atoms with Gasteiger partial charge < -0.3 is 19.3 Å². The van der Waals surface area contributed by atoms with Gasteiger partial charge >= 0.3 is 6.16 Å². The van der Waals surface area contributed by atoms with E-state index in [1.165, 1.54) is 0 Å². The van der Waals surface area contributed by atoms with Crippen molar-refractivity contribution in [1.82, 2.24) is 9.55 Å². The van der Waals surface area contributed by atoms with E-state index in [9.17, 15) is 9.59 Å². The molecule has 1 aromatic heterocycles. The molecule has 0 saturated carbocycles. The fourth-order valence-electron chi connectivity index (χ4n) is 4.46. The molecule has 0 saturated heterocycles. The third-order valence-electron chi connectivity index (χ3n) is 6.48. The lowest BCUT2D eigenvalue weighted by Crippen LogP contribution is -2.25. The number of nitrogens with zero attached hydrogens (tertiary/aromatic N) is 3. The minimum atomic E-state index is -1.34. The molecule has 3 aromatic carbocycles. The van der Waals surface area contributed by atoms with Gasteiger partial charge in [-0.2, -0.15) is 0 Å². The molecule has 1 amide bonds. The summed E-state index contributed by atoms with van der Waals surface area (Å²) in [6.07, 6.45) is 3.00. The third kappa shape index (κ3) is 6.00. The number of benzene rings is 3. The molecule has 37 heavy (non-hydrogen) atoms. The van der Waals surface area contributed by atoms with Crippen LogP contribution in [0.15, 0.2) is 66.7 Å². The van der Waals surface area contributed by atoms with Gasteiger partial charge in [0, 0.05) is 37.7 Å². The lowest BCUT2D eigenvalue weighted by molar-refractivity contribution is -0.118. The second kappa shape index (κ2) is 11.7. The van der Waals surface area contributed by atoms with E-state index in [1.807, 2.05) is 62.5 Å². The summed E-state index contributed by atoms with van der Waals surface area (Å²) in [5.74, 6) is 1.43. The summed E-state index contributed by atoms with van der Waals surface area (Å²) in [5.41, 5.74) is 5.47. The standard InChI is InChI=1S/C30H33N3O4/c1-4-6-12-28-31-25-18-17-23(32(3)29(34)9-5-2)19-26(25)33(28)20-21-13-15-22(16-14-21)24-10-7-8-11-27(24)37-30(35)36/h7-8,10-11,13-19H,4-6,9,12,20H2,1-3H3,(H,35,36). The molecule has 192 valence electrons. The average molecular weight is 500 g/mol. The molecule has 0 atom stereocenters. The number of aryl methyl sites for hydroxylation is 1. The van der Waals surface area contributed by atoms with Crippen LogP contribution < -0.4 is 9.64 Å². The highest BCUT2D eigenvalue weighted by Crippen LogP contribution is 2.31. The smallest absolute Gasteiger partial charge is 0.449 e. The maximum Gasteiger partial charge on any atom is 0.511 e. The number of imidazole rings is 1. The number of ether oxygens (including phenoxy) is 1. The molecule has 7 nitrogen and oxygen atoms in total. The van der Waals surface area contributed by atoms with Gasteiger partial charge in [-0.1, -0.05) is 62.7 Å². The number of rotatable bonds is 10. The minimum Gasteiger partial charge on any atom is -0.449 e. The summed E-state index contributed by atoms with van der Waals surface area (Å²) in [7, 11) is 1.82. The highest BCUT2D eigenvalue weighted by atomic mass is 16.7. The summed E-state index contributed by atoms with van der Waals surface area (Å²) in [5, 5.41) is 9.06. The molecule has 0 spiro atoms. The Morgan fingerprint density at radius 3 is 2.46 bits per heavy atom. The first-order valence-electron chi connectivity index (χ1n) is 12.8. The Kier molecular flexibility index (Phi) is 8.23. The van der Waals surface area contributed by atoms with Crippen molar-refractivity contribution in [3.63, 3.8) is 0 Å². The summed E-state index contributed by atoms with van der Waals surface area (Å²) >= 11 is 0. The summed E-state index contributed by atoms with van der Waals surface area (Å²) in [6, 6.07) is 21.2. The van der Waals surface area contributed by atoms with Crippen molar-refractivity contribution in [2.24, 2.45) is 0 Å². The molecule has 0 aliphatic heterocycles. The van der Waals surface area contributed by atoms with E-state index >= 15 is 0 Å². The molecular weight excluding hydrogens is 466 g/mol. The molecule has 0 fully saturated rings. The maximum atomic E-state index is 12.5. The Bertz CT molecular complexity index is 1390. The molecule has 0 radical (unpaired) electrons. The van der Waals surface area contributed by atoms with E-state index in [1.54, 1.807) is 17.0 Å². The minimum absolute atomic E-state index is 0.0990. The van der Waals surface area contributed by atoms with Crippen molar-refractivity contribution in [1.29, 1.82) is 0 Å². The number of unbranched alkanes of at least 4 members (excludes halogenated alkanes) is 1. The number of carbonyl (C=O) groups is 2. The van der Waals surface area contributed by atoms with Crippen LogP contribution in [0, 0.1) is 0 Å². The van der Waals surface area contributed by atoms with E-state index in [2.05, 4.69) is 17.6 Å². The van der Waals surface area contributed by atoms with Crippen LogP contribution in [0.2, 0.25) is 0 Å². The number of aromatic nitrogens is 2. The summed E-state index contributed by atoms with van der Waals surface area (Å²) in [4.78, 5) is 30.2. The maximum absolute atomic E-state index is 12.5. The molecule has 0 aliphatic rings. The Hall–Kier alpha value is -4.13. The van der Waals surface area contributed by atoms with Gasteiger partial charge in [0.15, 0.2) is 0 Å². The van der Waals surface area contributed by atoms with Crippen LogP contribution in [-0.4, -0.2) is 33.8 Å². The van der Waals surface area contributed by atoms with E-state index in [0.29, 0.717) is 18.7 Å². The average Bonchev–Trinajstić information content (AvgIpc) is 3.24. The van der Waals surface area contributed by atoms with Crippen LogP contribution in [0.25, 0.3) is 22.2 Å². The van der Waals surface area contributed by atoms with Crippen molar-refractivity contribution >= 4 is 28.8 Å². The quantitative estimate of drug-likeness (QED) is 0.189. The van der Waals surface area contributed by atoms with Gasteiger partial charge in [-0.05, 0) is 48.2 Å². The summed E-state index contributed by atoms with van der Waals surface area (Å²) in [6.45, 7) is 4.82. The van der Waals surface area contributed by atoms with Crippen molar-refractivity contribution in [2.45, 2.75) is 52.5 Å². The molecular formula is C30H33N3O4. The first-order valence-corrected chi connectivity index (χ1v) is 12.8. The Labute approximate surface area is 217 Å². The number of carboxylic acid groups (broad SMARTS) is 1. The highest BCUT2D eigenvalue weighted by molar-refractivity contribution is 5.95. The van der Waals surface area contributed by atoms with Crippen LogP contribution in [-0.2, 0) is 17.8 Å². The number of fused-ring (bicyclic) bond motifs is 1. The van der Waals surface area contributed by atoms with Gasteiger partial charge in [-0.15, -0.1) is 0 Å². The van der Waals surface area contributed by atoms with E-state index in [-0.39, 0.29) is 5.91 Å². The molecule has 0 bridgehead atoms. The van der Waals surface area contributed by atoms with Gasteiger partial charge in [0.2, 0.25) is 5.91 Å². The third-order valence-corrected chi connectivity index (χ3v) is 6.48. The topological polar surface area (TPSA) is 84.7 Å². The van der Waals surface area contributed by atoms with Crippen LogP contribution in [0.1, 0.15) is 50.9 Å². The number of hydrogen-bond acceptors (Lipinski definition) is 4. The Morgan fingerprint density at radius 1 is 1.00 bits per heavy atom. The van der Waals surface area contributed by atoms with Crippen LogP contribution in [0.3, 0.4) is 0 Å². The Morgan fingerprint density at radius 2 is 1.76 bits per heavy atom. The second-order valence-electron chi connectivity index (χ2n) is 9.15. The number of amides is 1. The van der Waals surface area contributed by atoms with Crippen molar-refractivity contribution < 1.29 is 19.4 Å².